The van der Waals surface area contributed by atoms with Gasteiger partial charge in [-0.2, -0.15) is 11.8 Å². The van der Waals surface area contributed by atoms with Gasteiger partial charge in [-0.25, -0.2) is 0 Å². The second-order valence-corrected chi connectivity index (χ2v) is 3.80. The van der Waals surface area contributed by atoms with Crippen molar-refractivity contribution >= 4 is 41.7 Å². The van der Waals surface area contributed by atoms with E-state index in [0.29, 0.717) is 0 Å². The van der Waals surface area contributed by atoms with Crippen LogP contribution in [0.5, 0.6) is 0 Å². The van der Waals surface area contributed by atoms with Crippen molar-refractivity contribution in [2.75, 3.05) is 31.1 Å². The summed E-state index contributed by atoms with van der Waals surface area (Å²) in [5.74, 6) is 2.97. The molecule has 0 aliphatic rings. The number of nitrogens with one attached hydrogen (secondary N) is 2. The van der Waals surface area contributed by atoms with Crippen LogP contribution >= 0.6 is 35.7 Å². The van der Waals surface area contributed by atoms with Gasteiger partial charge in [0, 0.05) is 24.6 Å². The zero-order valence-electron chi connectivity index (χ0n) is 9.58. The average Bonchev–Trinajstić information content (AvgIpc) is 2.18. The minimum Gasteiger partial charge on any atom is -0.357 e. The summed E-state index contributed by atoms with van der Waals surface area (Å²) in [5, 5.41) is 6.37. The molecule has 15 heavy (non-hydrogen) atoms. The topological polar surface area (TPSA) is 36.4 Å². The maximum Gasteiger partial charge on any atom is 0.191 e. The Bertz CT molecular complexity index is 166. The van der Waals surface area contributed by atoms with Crippen LogP contribution < -0.4 is 10.6 Å². The van der Waals surface area contributed by atoms with Gasteiger partial charge < -0.3 is 10.6 Å². The molecular weight excluding hydrogens is 321 g/mol. The summed E-state index contributed by atoms with van der Waals surface area (Å²) >= 11 is 1.85. The van der Waals surface area contributed by atoms with E-state index in [1.54, 1.807) is 0 Å². The van der Waals surface area contributed by atoms with E-state index in [1.807, 2.05) is 17.8 Å². The fourth-order valence-corrected chi connectivity index (χ4v) is 1.45. The number of guanidine groups is 1. The molecule has 5 heteroatoms. The molecule has 0 saturated carbocycles. The van der Waals surface area contributed by atoms with E-state index >= 15 is 0 Å². The highest BCUT2D eigenvalue weighted by molar-refractivity contribution is 14.0. The first kappa shape index (κ1) is 17.5. The van der Waals surface area contributed by atoms with E-state index < -0.39 is 0 Å². The van der Waals surface area contributed by atoms with E-state index in [2.05, 4.69) is 36.1 Å². The summed E-state index contributed by atoms with van der Waals surface area (Å²) in [6, 6.07) is 0. The van der Waals surface area contributed by atoms with Crippen LogP contribution in [0, 0.1) is 0 Å². The Kier molecular flexibility index (Phi) is 16.4. The first-order chi connectivity index (χ1) is 6.85. The fourth-order valence-electron chi connectivity index (χ4n) is 0.898. The summed E-state index contributed by atoms with van der Waals surface area (Å²) in [4.78, 5) is 4.41. The molecule has 0 radical (unpaired) electrons. The van der Waals surface area contributed by atoms with Gasteiger partial charge in [-0.05, 0) is 13.8 Å². The number of rotatable bonds is 7. The summed E-state index contributed by atoms with van der Waals surface area (Å²) in [5.41, 5.74) is 0. The van der Waals surface area contributed by atoms with E-state index in [0.717, 1.165) is 37.1 Å². The minimum absolute atomic E-state index is 0. The Hall–Kier alpha value is 0.0900. The molecule has 0 fully saturated rings. The number of aliphatic imine (C=N–C) groups is 1. The van der Waals surface area contributed by atoms with Crippen molar-refractivity contribution in [1.82, 2.24) is 10.6 Å². The normalized spacial score (nSPS) is 8.67. The van der Waals surface area contributed by atoms with E-state index in [4.69, 9.17) is 0 Å². The monoisotopic (exact) mass is 343 g/mol. The Morgan fingerprint density at radius 3 is 2.40 bits per heavy atom. The first-order valence-electron chi connectivity index (χ1n) is 5.06. The number of thioether (sulfide) groups is 1. The first-order valence-corrected chi connectivity index (χ1v) is 6.21. The second kappa shape index (κ2) is 14.1. The lowest BCUT2D eigenvalue weighted by Gasteiger charge is -2.08. The van der Waals surface area contributed by atoms with Gasteiger partial charge in [0.05, 0.1) is 6.54 Å². The largest absolute Gasteiger partial charge is 0.357 e. The van der Waals surface area contributed by atoms with Crippen LogP contribution in [0.2, 0.25) is 0 Å². The molecule has 0 spiro atoms. The maximum atomic E-state index is 4.41. The third kappa shape index (κ3) is 12.0. The lowest BCUT2D eigenvalue weighted by atomic mass is 10.6. The smallest absolute Gasteiger partial charge is 0.191 e. The third-order valence-corrected chi connectivity index (χ3v) is 2.37. The van der Waals surface area contributed by atoms with Crippen molar-refractivity contribution in [2.24, 2.45) is 4.99 Å². The van der Waals surface area contributed by atoms with E-state index in [1.165, 1.54) is 0 Å². The van der Waals surface area contributed by atoms with Crippen molar-refractivity contribution < 1.29 is 0 Å². The molecule has 0 aromatic carbocycles. The molecule has 0 amide bonds. The number of hydrogen-bond acceptors (Lipinski definition) is 2. The quantitative estimate of drug-likeness (QED) is 0.244. The SMILES string of the molecule is C=CCSCCN=C(NCC)NCC.I. The number of hydrogen-bond donors (Lipinski definition) is 2. The van der Waals surface area contributed by atoms with Gasteiger partial charge in [-0.1, -0.05) is 6.08 Å². The molecule has 0 rings (SSSR count). The summed E-state index contributed by atoms with van der Waals surface area (Å²) in [6.45, 7) is 10.5. The molecule has 0 heterocycles. The lowest BCUT2D eigenvalue weighted by molar-refractivity contribution is 0.846. The second-order valence-electron chi connectivity index (χ2n) is 2.65. The standard InChI is InChI=1S/C10H21N3S.HI/c1-4-8-14-9-7-13-10(11-5-2)12-6-3;/h4H,1,5-9H2,2-3H3,(H2,11,12,13);1H. The van der Waals surface area contributed by atoms with Gasteiger partial charge in [0.25, 0.3) is 0 Å². The highest BCUT2D eigenvalue weighted by Crippen LogP contribution is 1.98. The van der Waals surface area contributed by atoms with Gasteiger partial charge in [0.15, 0.2) is 5.96 Å². The van der Waals surface area contributed by atoms with Crippen LogP contribution in [0.1, 0.15) is 13.8 Å². The Balaban J connectivity index is 0. The highest BCUT2D eigenvalue weighted by Gasteiger charge is 1.92. The van der Waals surface area contributed by atoms with Crippen LogP contribution in [0.15, 0.2) is 17.6 Å². The molecule has 0 atom stereocenters. The van der Waals surface area contributed by atoms with Crippen LogP contribution in [0.4, 0.5) is 0 Å². The zero-order chi connectivity index (χ0) is 10.6. The zero-order valence-corrected chi connectivity index (χ0v) is 12.7. The molecule has 90 valence electrons. The van der Waals surface area contributed by atoms with Crippen LogP contribution in [-0.4, -0.2) is 37.1 Å². The van der Waals surface area contributed by atoms with Crippen LogP contribution in [0.25, 0.3) is 0 Å². The molecule has 3 nitrogen and oxygen atoms in total. The van der Waals surface area contributed by atoms with Gasteiger partial charge >= 0.3 is 0 Å². The van der Waals surface area contributed by atoms with E-state index in [-0.39, 0.29) is 24.0 Å². The van der Waals surface area contributed by atoms with Crippen molar-refractivity contribution in [1.29, 1.82) is 0 Å². The van der Waals surface area contributed by atoms with E-state index in [9.17, 15) is 0 Å². The Morgan fingerprint density at radius 2 is 1.93 bits per heavy atom. The van der Waals surface area contributed by atoms with Gasteiger partial charge in [0.2, 0.25) is 0 Å². The molecule has 0 aliphatic carbocycles. The minimum atomic E-state index is 0. The predicted molar refractivity (Wildman–Crippen MR) is 82.6 cm³/mol. The lowest BCUT2D eigenvalue weighted by Crippen LogP contribution is -2.37. The Morgan fingerprint density at radius 1 is 1.33 bits per heavy atom. The van der Waals surface area contributed by atoms with Crippen molar-refractivity contribution in [3.05, 3.63) is 12.7 Å². The van der Waals surface area contributed by atoms with Gasteiger partial charge in [-0.3, -0.25) is 4.99 Å². The van der Waals surface area contributed by atoms with Crippen molar-refractivity contribution in [3.8, 4) is 0 Å². The average molecular weight is 343 g/mol. The Labute approximate surface area is 115 Å². The van der Waals surface area contributed by atoms with Gasteiger partial charge in [0.1, 0.15) is 0 Å². The molecule has 0 bridgehead atoms. The molecule has 0 aromatic heterocycles. The summed E-state index contributed by atoms with van der Waals surface area (Å²) in [7, 11) is 0. The molecule has 0 aromatic rings. The predicted octanol–water partition coefficient (Wildman–Crippen LogP) is 2.10. The fraction of sp³-hybridized carbons (Fsp3) is 0.700. The van der Waals surface area contributed by atoms with Crippen LogP contribution in [0.3, 0.4) is 0 Å². The number of halogens is 1. The molecular formula is C10H22IN3S. The molecule has 0 unspecified atom stereocenters. The van der Waals surface area contributed by atoms with Crippen molar-refractivity contribution in [2.45, 2.75) is 13.8 Å². The maximum absolute atomic E-state index is 4.41. The summed E-state index contributed by atoms with van der Waals surface area (Å²) in [6.07, 6.45) is 1.92. The molecule has 0 aliphatic heterocycles. The summed E-state index contributed by atoms with van der Waals surface area (Å²) < 4.78 is 0. The highest BCUT2D eigenvalue weighted by atomic mass is 127. The number of nitrogens with zero attached hydrogens (tertiary/aromatic N) is 1. The third-order valence-electron chi connectivity index (χ3n) is 1.43. The van der Waals surface area contributed by atoms with Crippen molar-refractivity contribution in [3.63, 3.8) is 0 Å². The van der Waals surface area contributed by atoms with Crippen LogP contribution in [-0.2, 0) is 0 Å². The molecule has 0 saturated heterocycles. The van der Waals surface area contributed by atoms with Gasteiger partial charge in [-0.15, -0.1) is 30.6 Å². The molecule has 2 N–H and O–H groups in total.